The fraction of sp³-hybridized carbons (Fsp3) is 0.263. The summed E-state index contributed by atoms with van der Waals surface area (Å²) in [6.07, 6.45) is 0. The van der Waals surface area contributed by atoms with Crippen LogP contribution in [0.5, 0.6) is 0 Å². The van der Waals surface area contributed by atoms with Crippen molar-refractivity contribution in [3.8, 4) is 0 Å². The molecule has 1 fully saturated rings. The number of benzene rings is 2. The lowest BCUT2D eigenvalue weighted by molar-refractivity contribution is -0.143. The van der Waals surface area contributed by atoms with E-state index in [2.05, 4.69) is 0 Å². The van der Waals surface area contributed by atoms with Crippen molar-refractivity contribution in [2.75, 3.05) is 6.61 Å². The second kappa shape index (κ2) is 7.36. The van der Waals surface area contributed by atoms with E-state index in [-0.39, 0.29) is 19.1 Å². The Morgan fingerprint density at radius 1 is 0.880 bits per heavy atom. The fourth-order valence-electron chi connectivity index (χ4n) is 3.21. The average Bonchev–Trinajstić information content (AvgIpc) is 2.89. The van der Waals surface area contributed by atoms with E-state index in [9.17, 15) is 19.8 Å². The maximum Gasteiger partial charge on any atom is 0.328 e. The number of carboxylic acids is 1. The molecule has 0 aliphatic carbocycles. The number of nitrogens with zero attached hydrogens (tertiary/aromatic N) is 2. The Labute approximate surface area is 145 Å². The van der Waals surface area contributed by atoms with Gasteiger partial charge in [0.2, 0.25) is 0 Å². The van der Waals surface area contributed by atoms with Gasteiger partial charge < -0.3 is 20.0 Å². The predicted octanol–water partition coefficient (Wildman–Crippen LogP) is 1.94. The average molecular weight is 340 g/mol. The molecule has 2 atom stereocenters. The highest BCUT2D eigenvalue weighted by Crippen LogP contribution is 2.27. The van der Waals surface area contributed by atoms with Gasteiger partial charge in [-0.2, -0.15) is 0 Å². The molecular formula is C19H20N2O4. The van der Waals surface area contributed by atoms with Crippen molar-refractivity contribution in [2.45, 2.75) is 25.2 Å². The van der Waals surface area contributed by atoms with Crippen LogP contribution in [0.4, 0.5) is 4.79 Å². The van der Waals surface area contributed by atoms with Crippen molar-refractivity contribution in [3.63, 3.8) is 0 Å². The number of carbonyl (C=O) groups is 2. The van der Waals surface area contributed by atoms with E-state index < -0.39 is 24.7 Å². The van der Waals surface area contributed by atoms with E-state index in [0.717, 1.165) is 11.1 Å². The quantitative estimate of drug-likeness (QED) is 0.842. The van der Waals surface area contributed by atoms with E-state index in [0.29, 0.717) is 0 Å². The predicted molar refractivity (Wildman–Crippen MR) is 91.7 cm³/mol. The Kier molecular flexibility index (Phi) is 5.00. The van der Waals surface area contributed by atoms with Gasteiger partial charge in [-0.15, -0.1) is 0 Å². The number of aliphatic hydroxyl groups is 1. The molecule has 2 N–H and O–H groups in total. The van der Waals surface area contributed by atoms with Crippen LogP contribution in [0.1, 0.15) is 11.1 Å². The van der Waals surface area contributed by atoms with Crippen LogP contribution in [-0.2, 0) is 17.9 Å². The van der Waals surface area contributed by atoms with Gasteiger partial charge in [0, 0.05) is 13.1 Å². The molecular weight excluding hydrogens is 320 g/mol. The Morgan fingerprint density at radius 3 is 1.80 bits per heavy atom. The zero-order valence-electron chi connectivity index (χ0n) is 13.7. The van der Waals surface area contributed by atoms with Gasteiger partial charge in [-0.1, -0.05) is 60.7 Å². The molecule has 6 heteroatoms. The summed E-state index contributed by atoms with van der Waals surface area (Å²) in [4.78, 5) is 27.4. The summed E-state index contributed by atoms with van der Waals surface area (Å²) >= 11 is 0. The third-order valence-corrected chi connectivity index (χ3v) is 4.42. The normalized spacial score (nSPS) is 20.1. The van der Waals surface area contributed by atoms with E-state index in [4.69, 9.17) is 0 Å². The van der Waals surface area contributed by atoms with Crippen LogP contribution >= 0.6 is 0 Å². The first-order chi connectivity index (χ1) is 12.1. The molecule has 0 spiro atoms. The topological polar surface area (TPSA) is 81.1 Å². The number of carboxylic acid groups (broad SMARTS) is 1. The van der Waals surface area contributed by atoms with E-state index in [1.165, 1.54) is 9.80 Å². The third-order valence-electron chi connectivity index (χ3n) is 4.42. The highest BCUT2D eigenvalue weighted by atomic mass is 16.4. The van der Waals surface area contributed by atoms with Crippen molar-refractivity contribution >= 4 is 12.0 Å². The van der Waals surface area contributed by atoms with Gasteiger partial charge >= 0.3 is 12.0 Å². The Morgan fingerprint density at radius 2 is 1.36 bits per heavy atom. The first-order valence-electron chi connectivity index (χ1n) is 8.10. The summed E-state index contributed by atoms with van der Waals surface area (Å²) in [5.41, 5.74) is 1.74. The highest BCUT2D eigenvalue weighted by Gasteiger charge is 2.49. The van der Waals surface area contributed by atoms with Crippen molar-refractivity contribution < 1.29 is 19.8 Å². The highest BCUT2D eigenvalue weighted by molar-refractivity contribution is 5.87. The van der Waals surface area contributed by atoms with Crippen molar-refractivity contribution in [1.29, 1.82) is 0 Å². The number of hydrogen-bond donors (Lipinski definition) is 2. The summed E-state index contributed by atoms with van der Waals surface area (Å²) in [6, 6.07) is 16.3. The molecule has 0 bridgehead atoms. The van der Waals surface area contributed by atoms with Crippen LogP contribution in [0.2, 0.25) is 0 Å². The molecule has 6 nitrogen and oxygen atoms in total. The molecule has 0 aromatic heterocycles. The molecule has 130 valence electrons. The number of rotatable bonds is 6. The molecule has 0 unspecified atom stereocenters. The molecule has 2 amide bonds. The summed E-state index contributed by atoms with van der Waals surface area (Å²) < 4.78 is 0. The minimum atomic E-state index is -1.11. The monoisotopic (exact) mass is 340 g/mol. The molecule has 0 saturated carbocycles. The van der Waals surface area contributed by atoms with Gasteiger partial charge in [0.15, 0.2) is 6.04 Å². The van der Waals surface area contributed by atoms with Crippen LogP contribution in [-0.4, -0.2) is 50.7 Å². The van der Waals surface area contributed by atoms with Gasteiger partial charge in [-0.05, 0) is 11.1 Å². The summed E-state index contributed by atoms with van der Waals surface area (Å²) in [5.74, 6) is -1.11. The van der Waals surface area contributed by atoms with Gasteiger partial charge in [-0.25, -0.2) is 9.59 Å². The van der Waals surface area contributed by atoms with Crippen molar-refractivity contribution in [3.05, 3.63) is 71.8 Å². The maximum atomic E-state index is 12.9. The number of amides is 2. The largest absolute Gasteiger partial charge is 0.480 e. The van der Waals surface area contributed by atoms with Crippen LogP contribution in [0, 0.1) is 0 Å². The first kappa shape index (κ1) is 17.0. The second-order valence-corrected chi connectivity index (χ2v) is 6.04. The number of aliphatic carboxylic acids is 1. The summed E-state index contributed by atoms with van der Waals surface area (Å²) in [7, 11) is 0. The molecule has 3 rings (SSSR count). The Hall–Kier alpha value is -2.86. The van der Waals surface area contributed by atoms with Crippen LogP contribution in [0.25, 0.3) is 0 Å². The van der Waals surface area contributed by atoms with Gasteiger partial charge in [-0.3, -0.25) is 0 Å². The molecule has 1 aliphatic heterocycles. The van der Waals surface area contributed by atoms with Crippen LogP contribution in [0.3, 0.4) is 0 Å². The van der Waals surface area contributed by atoms with Crippen molar-refractivity contribution in [2.24, 2.45) is 0 Å². The lowest BCUT2D eigenvalue weighted by atomic mass is 10.1. The minimum Gasteiger partial charge on any atom is -0.480 e. The Balaban J connectivity index is 1.89. The Bertz CT molecular complexity index is 736. The molecule has 1 heterocycles. The number of hydrogen-bond acceptors (Lipinski definition) is 3. The van der Waals surface area contributed by atoms with Gasteiger partial charge in [0.25, 0.3) is 0 Å². The van der Waals surface area contributed by atoms with Crippen molar-refractivity contribution in [1.82, 2.24) is 9.80 Å². The lowest BCUT2D eigenvalue weighted by Gasteiger charge is -2.23. The number of urea groups is 1. The van der Waals surface area contributed by atoms with Crippen LogP contribution in [0.15, 0.2) is 60.7 Å². The maximum absolute atomic E-state index is 12.9. The second-order valence-electron chi connectivity index (χ2n) is 6.04. The smallest absolute Gasteiger partial charge is 0.328 e. The summed E-state index contributed by atoms with van der Waals surface area (Å²) in [5, 5.41) is 19.4. The third kappa shape index (κ3) is 3.49. The van der Waals surface area contributed by atoms with E-state index in [1.807, 2.05) is 60.7 Å². The number of aliphatic hydroxyl groups excluding tert-OH is 1. The summed E-state index contributed by atoms with van der Waals surface area (Å²) in [6.45, 7) is 0.0548. The molecule has 1 saturated heterocycles. The SMILES string of the molecule is O=C(O)[C@@H]1[C@H](CO)N(Cc2ccccc2)C(=O)N1Cc1ccccc1. The minimum absolute atomic E-state index is 0.193. The first-order valence-corrected chi connectivity index (χ1v) is 8.10. The fourth-order valence-corrected chi connectivity index (χ4v) is 3.21. The molecule has 1 aliphatic rings. The lowest BCUT2D eigenvalue weighted by Crippen LogP contribution is -2.45. The van der Waals surface area contributed by atoms with Crippen LogP contribution < -0.4 is 0 Å². The molecule has 2 aromatic rings. The molecule has 25 heavy (non-hydrogen) atoms. The zero-order valence-corrected chi connectivity index (χ0v) is 13.7. The zero-order chi connectivity index (χ0) is 17.8. The van der Waals surface area contributed by atoms with E-state index in [1.54, 1.807) is 0 Å². The number of carbonyl (C=O) groups excluding carboxylic acids is 1. The standard InChI is InChI=1S/C19H20N2O4/c22-13-16-17(18(23)24)21(12-15-9-5-2-6-10-15)19(25)20(16)11-14-7-3-1-4-8-14/h1-10,16-17,22H,11-13H2,(H,23,24)/t16-,17-/m0/s1. The molecule has 2 aromatic carbocycles. The molecule has 0 radical (unpaired) electrons. The van der Waals surface area contributed by atoms with Gasteiger partial charge in [0.05, 0.1) is 12.6 Å². The van der Waals surface area contributed by atoms with E-state index >= 15 is 0 Å². The van der Waals surface area contributed by atoms with Gasteiger partial charge in [0.1, 0.15) is 0 Å².